The van der Waals surface area contributed by atoms with Crippen LogP contribution in [0.3, 0.4) is 0 Å². The van der Waals surface area contributed by atoms with E-state index in [1.807, 2.05) is 12.1 Å². The number of benzene rings is 2. The molecule has 1 aliphatic carbocycles. The van der Waals surface area contributed by atoms with Crippen LogP contribution in [0.15, 0.2) is 47.6 Å². The highest BCUT2D eigenvalue weighted by atomic mass is 35.5. The molecule has 2 N–H and O–H groups in total. The van der Waals surface area contributed by atoms with Gasteiger partial charge in [-0.1, -0.05) is 23.7 Å². The van der Waals surface area contributed by atoms with Crippen LogP contribution in [0.1, 0.15) is 24.0 Å². The number of carbonyl (C=O) groups is 2. The van der Waals surface area contributed by atoms with Crippen molar-refractivity contribution in [1.82, 2.24) is 10.7 Å². The van der Waals surface area contributed by atoms with Crippen molar-refractivity contribution >= 4 is 29.6 Å². The average molecular weight is 402 g/mol. The molecule has 0 aliphatic heterocycles. The first-order chi connectivity index (χ1) is 13.5. The largest absolute Gasteiger partial charge is 0.493 e. The molecular formula is C20H20ClN3O4. The Labute approximate surface area is 167 Å². The van der Waals surface area contributed by atoms with Crippen LogP contribution < -0.4 is 20.2 Å². The van der Waals surface area contributed by atoms with Crippen molar-refractivity contribution in [2.45, 2.75) is 25.5 Å². The molecule has 0 spiro atoms. The number of amides is 2. The van der Waals surface area contributed by atoms with Gasteiger partial charge in [-0.15, -0.1) is 0 Å². The van der Waals surface area contributed by atoms with Crippen LogP contribution in [-0.4, -0.2) is 31.2 Å². The lowest BCUT2D eigenvalue weighted by atomic mass is 10.2. The number of ether oxygens (including phenoxy) is 2. The average Bonchev–Trinajstić information content (AvgIpc) is 3.51. The van der Waals surface area contributed by atoms with Crippen LogP contribution >= 0.6 is 11.6 Å². The molecule has 146 valence electrons. The number of methoxy groups -OCH3 is 1. The monoisotopic (exact) mass is 401 g/mol. The molecule has 2 amide bonds. The van der Waals surface area contributed by atoms with Gasteiger partial charge in [0.25, 0.3) is 0 Å². The molecule has 2 aromatic rings. The van der Waals surface area contributed by atoms with Gasteiger partial charge in [0.05, 0.1) is 13.3 Å². The number of hydrogen-bond acceptors (Lipinski definition) is 5. The fraction of sp³-hybridized carbons (Fsp3) is 0.250. The van der Waals surface area contributed by atoms with Gasteiger partial charge in [-0.3, -0.25) is 9.59 Å². The third-order valence-corrected chi connectivity index (χ3v) is 4.25. The molecule has 7 nitrogen and oxygen atoms in total. The highest BCUT2D eigenvalue weighted by molar-refractivity contribution is 6.35. The molecule has 0 bridgehead atoms. The normalized spacial score (nSPS) is 13.2. The Morgan fingerprint density at radius 2 is 1.89 bits per heavy atom. The summed E-state index contributed by atoms with van der Waals surface area (Å²) in [6.45, 7) is 0.368. The molecule has 1 fully saturated rings. The smallest absolute Gasteiger partial charge is 0.329 e. The molecule has 0 saturated heterocycles. The second kappa shape index (κ2) is 9.23. The van der Waals surface area contributed by atoms with Crippen molar-refractivity contribution in [3.8, 4) is 11.5 Å². The van der Waals surface area contributed by atoms with E-state index in [1.165, 1.54) is 13.3 Å². The molecule has 0 heterocycles. The Morgan fingerprint density at radius 1 is 1.14 bits per heavy atom. The first-order valence-corrected chi connectivity index (χ1v) is 9.12. The van der Waals surface area contributed by atoms with Crippen LogP contribution in [-0.2, 0) is 16.2 Å². The Balaban J connectivity index is 1.56. The summed E-state index contributed by atoms with van der Waals surface area (Å²) in [5, 5.41) is 7.06. The second-order valence-corrected chi connectivity index (χ2v) is 6.71. The summed E-state index contributed by atoms with van der Waals surface area (Å²) in [6, 6.07) is 12.7. The summed E-state index contributed by atoms with van der Waals surface area (Å²) >= 11 is 5.88. The Kier molecular flexibility index (Phi) is 6.49. The van der Waals surface area contributed by atoms with Crippen LogP contribution in [0, 0.1) is 0 Å². The minimum atomic E-state index is -0.793. The van der Waals surface area contributed by atoms with Gasteiger partial charge in [0.2, 0.25) is 0 Å². The summed E-state index contributed by atoms with van der Waals surface area (Å²) < 4.78 is 11.1. The van der Waals surface area contributed by atoms with E-state index in [0.29, 0.717) is 28.7 Å². The quantitative estimate of drug-likeness (QED) is 0.424. The highest BCUT2D eigenvalue weighted by Crippen LogP contribution is 2.28. The number of carbonyl (C=O) groups excluding carboxylic acids is 2. The van der Waals surface area contributed by atoms with Crippen molar-refractivity contribution in [3.63, 3.8) is 0 Å². The molecule has 1 saturated carbocycles. The van der Waals surface area contributed by atoms with E-state index in [4.69, 9.17) is 21.1 Å². The number of nitrogens with zero attached hydrogens (tertiary/aromatic N) is 1. The lowest BCUT2D eigenvalue weighted by molar-refractivity contribution is -0.139. The fourth-order valence-corrected chi connectivity index (χ4v) is 2.45. The predicted octanol–water partition coefficient (Wildman–Crippen LogP) is 2.66. The van der Waals surface area contributed by atoms with Gasteiger partial charge in [-0.2, -0.15) is 5.10 Å². The van der Waals surface area contributed by atoms with Gasteiger partial charge in [-0.05, 0) is 54.3 Å². The first-order valence-electron chi connectivity index (χ1n) is 8.74. The maximum Gasteiger partial charge on any atom is 0.329 e. The standard InChI is InChI=1S/C20H20ClN3O4/c1-27-18-10-14(11-22-24-20(26)19(25)23-16-7-8-16)4-9-17(18)28-12-13-2-5-15(21)6-3-13/h2-6,9-11,16H,7-8,12H2,1H3,(H,23,25)(H,24,26)/b22-11-. The molecule has 0 atom stereocenters. The van der Waals surface area contributed by atoms with E-state index >= 15 is 0 Å². The Morgan fingerprint density at radius 3 is 2.57 bits per heavy atom. The third kappa shape index (κ3) is 5.72. The lowest BCUT2D eigenvalue weighted by Crippen LogP contribution is -2.38. The van der Waals surface area contributed by atoms with E-state index in [0.717, 1.165) is 18.4 Å². The van der Waals surface area contributed by atoms with Crippen molar-refractivity contribution < 1.29 is 19.1 Å². The maximum atomic E-state index is 11.6. The van der Waals surface area contributed by atoms with Gasteiger partial charge >= 0.3 is 11.8 Å². The molecule has 2 aromatic carbocycles. The summed E-state index contributed by atoms with van der Waals surface area (Å²) in [5.41, 5.74) is 3.86. The molecule has 1 aliphatic rings. The van der Waals surface area contributed by atoms with E-state index < -0.39 is 11.8 Å². The van der Waals surface area contributed by atoms with Crippen LogP contribution in [0.25, 0.3) is 0 Å². The molecule has 28 heavy (non-hydrogen) atoms. The van der Waals surface area contributed by atoms with E-state index in [9.17, 15) is 9.59 Å². The summed E-state index contributed by atoms with van der Waals surface area (Å²) in [7, 11) is 1.54. The third-order valence-electron chi connectivity index (χ3n) is 3.99. The van der Waals surface area contributed by atoms with Gasteiger partial charge < -0.3 is 14.8 Å². The molecule has 3 rings (SSSR count). The SMILES string of the molecule is COc1cc(/C=N\NC(=O)C(=O)NC2CC2)ccc1OCc1ccc(Cl)cc1. The van der Waals surface area contributed by atoms with Crippen LogP contribution in [0.2, 0.25) is 5.02 Å². The van der Waals surface area contributed by atoms with E-state index in [-0.39, 0.29) is 6.04 Å². The zero-order valence-electron chi connectivity index (χ0n) is 15.3. The van der Waals surface area contributed by atoms with Crippen molar-refractivity contribution in [3.05, 3.63) is 58.6 Å². The topological polar surface area (TPSA) is 89.0 Å². The molecule has 0 unspecified atom stereocenters. The number of hydrazone groups is 1. The molecule has 0 radical (unpaired) electrons. The minimum absolute atomic E-state index is 0.118. The van der Waals surface area contributed by atoms with Crippen LogP contribution in [0.4, 0.5) is 0 Å². The minimum Gasteiger partial charge on any atom is -0.493 e. The number of halogens is 1. The molecule has 8 heteroatoms. The van der Waals surface area contributed by atoms with E-state index in [1.54, 1.807) is 30.3 Å². The van der Waals surface area contributed by atoms with Gasteiger partial charge in [-0.25, -0.2) is 5.43 Å². The first kappa shape index (κ1) is 19.7. The van der Waals surface area contributed by atoms with Crippen molar-refractivity contribution in [1.29, 1.82) is 0 Å². The maximum absolute atomic E-state index is 11.6. The van der Waals surface area contributed by atoms with E-state index in [2.05, 4.69) is 15.8 Å². The second-order valence-electron chi connectivity index (χ2n) is 6.27. The predicted molar refractivity (Wildman–Crippen MR) is 106 cm³/mol. The Hall–Kier alpha value is -3.06. The van der Waals surface area contributed by atoms with Crippen molar-refractivity contribution in [2.24, 2.45) is 5.10 Å². The zero-order chi connectivity index (χ0) is 19.9. The van der Waals surface area contributed by atoms with Gasteiger partial charge in [0.1, 0.15) is 6.61 Å². The molecular weight excluding hydrogens is 382 g/mol. The highest BCUT2D eigenvalue weighted by Gasteiger charge is 2.26. The van der Waals surface area contributed by atoms with Gasteiger partial charge in [0, 0.05) is 11.1 Å². The summed E-state index contributed by atoms with van der Waals surface area (Å²) in [6.07, 6.45) is 3.25. The summed E-state index contributed by atoms with van der Waals surface area (Å²) in [5.74, 6) is -0.376. The lowest BCUT2D eigenvalue weighted by Gasteiger charge is -2.11. The zero-order valence-corrected chi connectivity index (χ0v) is 16.0. The van der Waals surface area contributed by atoms with Crippen LogP contribution in [0.5, 0.6) is 11.5 Å². The van der Waals surface area contributed by atoms with Crippen molar-refractivity contribution in [2.75, 3.05) is 7.11 Å². The fourth-order valence-electron chi connectivity index (χ4n) is 2.32. The Bertz CT molecular complexity index is 880. The number of nitrogens with one attached hydrogen (secondary N) is 2. The van der Waals surface area contributed by atoms with Gasteiger partial charge in [0.15, 0.2) is 11.5 Å². The number of rotatable bonds is 7. The summed E-state index contributed by atoms with van der Waals surface area (Å²) in [4.78, 5) is 23.2. The number of hydrogen-bond donors (Lipinski definition) is 2. The molecule has 0 aromatic heterocycles.